The van der Waals surface area contributed by atoms with Crippen molar-refractivity contribution in [1.82, 2.24) is 0 Å². The number of benzene rings is 1. The lowest BCUT2D eigenvalue weighted by molar-refractivity contribution is -0.0297. The summed E-state index contributed by atoms with van der Waals surface area (Å²) < 4.78 is 11.4. The first-order chi connectivity index (χ1) is 7.98. The minimum Gasteiger partial charge on any atom is -0.497 e. The maximum atomic E-state index is 10.2. The molecule has 1 atom stereocenters. The van der Waals surface area contributed by atoms with Gasteiger partial charge in [0.15, 0.2) is 0 Å². The lowest BCUT2D eigenvalue weighted by Crippen LogP contribution is -2.33. The summed E-state index contributed by atoms with van der Waals surface area (Å²) in [4.78, 5) is 0. The van der Waals surface area contributed by atoms with Crippen LogP contribution in [0, 0.1) is 0 Å². The first kappa shape index (κ1) is 14.5. The van der Waals surface area contributed by atoms with Crippen LogP contribution in [0.2, 0.25) is 0 Å². The highest BCUT2D eigenvalue weighted by atomic mass is 79.9. The van der Waals surface area contributed by atoms with Crippen LogP contribution in [-0.4, -0.2) is 31.0 Å². The van der Waals surface area contributed by atoms with Gasteiger partial charge in [0.1, 0.15) is 5.75 Å². The van der Waals surface area contributed by atoms with Crippen LogP contribution < -0.4 is 4.74 Å². The van der Waals surface area contributed by atoms with Gasteiger partial charge >= 0.3 is 0 Å². The van der Waals surface area contributed by atoms with Crippen LogP contribution in [0.15, 0.2) is 22.7 Å². The quantitative estimate of drug-likeness (QED) is 0.878. The van der Waals surface area contributed by atoms with Gasteiger partial charge in [-0.3, -0.25) is 0 Å². The lowest BCUT2D eigenvalue weighted by atomic mass is 9.97. The third-order valence-electron chi connectivity index (χ3n) is 2.44. The summed E-state index contributed by atoms with van der Waals surface area (Å²) in [5.74, 6) is 0.787. The van der Waals surface area contributed by atoms with Gasteiger partial charge in [-0.15, -0.1) is 0 Å². The molecule has 1 aromatic carbocycles. The van der Waals surface area contributed by atoms with E-state index in [1.807, 2.05) is 25.1 Å². The van der Waals surface area contributed by atoms with Gasteiger partial charge in [-0.05, 0) is 37.6 Å². The van der Waals surface area contributed by atoms with Crippen molar-refractivity contribution in [1.29, 1.82) is 0 Å². The van der Waals surface area contributed by atoms with Gasteiger partial charge in [0, 0.05) is 17.5 Å². The van der Waals surface area contributed by atoms with Crippen molar-refractivity contribution in [2.45, 2.75) is 25.9 Å². The van der Waals surface area contributed by atoms with E-state index in [2.05, 4.69) is 15.9 Å². The molecular weight excluding hydrogens is 284 g/mol. The van der Waals surface area contributed by atoms with Gasteiger partial charge in [0.25, 0.3) is 0 Å². The predicted octanol–water partition coefficient (Wildman–Crippen LogP) is 2.79. The average molecular weight is 303 g/mol. The van der Waals surface area contributed by atoms with Gasteiger partial charge in [0.05, 0.1) is 19.3 Å². The number of hydrogen-bond donors (Lipinski definition) is 1. The molecule has 96 valence electrons. The van der Waals surface area contributed by atoms with Crippen LogP contribution in [-0.2, 0) is 11.2 Å². The molecule has 0 radical (unpaired) electrons. The van der Waals surface area contributed by atoms with Crippen LogP contribution in [0.1, 0.15) is 19.4 Å². The van der Waals surface area contributed by atoms with Crippen molar-refractivity contribution < 1.29 is 14.6 Å². The van der Waals surface area contributed by atoms with Crippen molar-refractivity contribution in [2.75, 3.05) is 20.3 Å². The number of aliphatic hydroxyl groups is 1. The summed E-state index contributed by atoms with van der Waals surface area (Å²) in [5, 5.41) is 10.2. The highest BCUT2D eigenvalue weighted by Crippen LogP contribution is 2.26. The van der Waals surface area contributed by atoms with Crippen LogP contribution in [0.4, 0.5) is 0 Å². The number of halogens is 1. The molecule has 0 aliphatic rings. The van der Waals surface area contributed by atoms with E-state index >= 15 is 0 Å². The van der Waals surface area contributed by atoms with Crippen LogP contribution in [0.25, 0.3) is 0 Å². The van der Waals surface area contributed by atoms with Gasteiger partial charge in [-0.25, -0.2) is 0 Å². The molecule has 1 unspecified atom stereocenters. The Hall–Kier alpha value is -0.580. The predicted molar refractivity (Wildman–Crippen MR) is 71.5 cm³/mol. The monoisotopic (exact) mass is 302 g/mol. The Balaban J connectivity index is 2.78. The zero-order chi connectivity index (χ0) is 12.9. The molecule has 0 saturated heterocycles. The van der Waals surface area contributed by atoms with E-state index in [4.69, 9.17) is 9.47 Å². The Morgan fingerprint density at radius 2 is 2.12 bits per heavy atom. The van der Waals surface area contributed by atoms with Gasteiger partial charge in [0.2, 0.25) is 0 Å². The standard InChI is InChI=1S/C13H19BrO3/c1-4-17-9-13(2,15)8-10-7-11(16-3)5-6-12(10)14/h5-7,15H,4,8-9H2,1-3H3. The zero-order valence-corrected chi connectivity index (χ0v) is 12.1. The van der Waals surface area contributed by atoms with E-state index in [1.165, 1.54) is 0 Å². The van der Waals surface area contributed by atoms with Gasteiger partial charge < -0.3 is 14.6 Å². The molecule has 1 N–H and O–H groups in total. The molecule has 3 nitrogen and oxygen atoms in total. The number of rotatable bonds is 6. The van der Waals surface area contributed by atoms with Gasteiger partial charge in [-0.1, -0.05) is 15.9 Å². The molecule has 0 amide bonds. The Morgan fingerprint density at radius 3 is 2.71 bits per heavy atom. The highest BCUT2D eigenvalue weighted by Gasteiger charge is 2.22. The molecule has 0 aliphatic carbocycles. The summed E-state index contributed by atoms with van der Waals surface area (Å²) >= 11 is 3.47. The fraction of sp³-hybridized carbons (Fsp3) is 0.538. The molecule has 0 heterocycles. The van der Waals surface area contributed by atoms with Gasteiger partial charge in [-0.2, -0.15) is 0 Å². The number of methoxy groups -OCH3 is 1. The number of ether oxygens (including phenoxy) is 2. The normalized spacial score (nSPS) is 14.4. The third-order valence-corrected chi connectivity index (χ3v) is 3.21. The van der Waals surface area contributed by atoms with Crippen molar-refractivity contribution in [3.05, 3.63) is 28.2 Å². The Labute approximate surface area is 111 Å². The van der Waals surface area contributed by atoms with Crippen molar-refractivity contribution in [2.24, 2.45) is 0 Å². The van der Waals surface area contributed by atoms with E-state index in [0.717, 1.165) is 15.8 Å². The van der Waals surface area contributed by atoms with Crippen LogP contribution >= 0.6 is 15.9 Å². The first-order valence-corrected chi connectivity index (χ1v) is 6.40. The number of hydrogen-bond acceptors (Lipinski definition) is 3. The average Bonchev–Trinajstić information content (AvgIpc) is 2.29. The zero-order valence-electron chi connectivity index (χ0n) is 10.5. The Bertz CT molecular complexity index is 364. The van der Waals surface area contributed by atoms with Crippen LogP contribution in [0.5, 0.6) is 5.75 Å². The molecule has 0 bridgehead atoms. The highest BCUT2D eigenvalue weighted by molar-refractivity contribution is 9.10. The third kappa shape index (κ3) is 4.66. The van der Waals surface area contributed by atoms with Crippen molar-refractivity contribution in [3.8, 4) is 5.75 Å². The summed E-state index contributed by atoms with van der Waals surface area (Å²) in [6.45, 7) is 4.62. The summed E-state index contributed by atoms with van der Waals surface area (Å²) in [7, 11) is 1.63. The Morgan fingerprint density at radius 1 is 1.41 bits per heavy atom. The molecule has 0 spiro atoms. The molecule has 0 fully saturated rings. The molecule has 0 aromatic heterocycles. The maximum Gasteiger partial charge on any atom is 0.119 e. The Kier molecular flexibility index (Phi) is 5.43. The molecule has 17 heavy (non-hydrogen) atoms. The second kappa shape index (κ2) is 6.38. The second-order valence-corrected chi connectivity index (χ2v) is 5.12. The van der Waals surface area contributed by atoms with E-state index in [0.29, 0.717) is 19.6 Å². The SMILES string of the molecule is CCOCC(C)(O)Cc1cc(OC)ccc1Br. The van der Waals surface area contributed by atoms with Crippen LogP contribution in [0.3, 0.4) is 0 Å². The van der Waals surface area contributed by atoms with Crippen molar-refractivity contribution >= 4 is 15.9 Å². The second-order valence-electron chi connectivity index (χ2n) is 4.27. The molecule has 1 aromatic rings. The topological polar surface area (TPSA) is 38.7 Å². The molecule has 1 rings (SSSR count). The smallest absolute Gasteiger partial charge is 0.119 e. The largest absolute Gasteiger partial charge is 0.497 e. The fourth-order valence-electron chi connectivity index (χ4n) is 1.60. The maximum absolute atomic E-state index is 10.2. The van der Waals surface area contributed by atoms with E-state index in [1.54, 1.807) is 14.0 Å². The molecule has 0 saturated carbocycles. The summed E-state index contributed by atoms with van der Waals surface area (Å²) in [5.41, 5.74) is 0.138. The minimum atomic E-state index is -0.870. The first-order valence-electron chi connectivity index (χ1n) is 5.61. The lowest BCUT2D eigenvalue weighted by Gasteiger charge is -2.23. The van der Waals surface area contributed by atoms with E-state index in [-0.39, 0.29) is 0 Å². The summed E-state index contributed by atoms with van der Waals surface area (Å²) in [6, 6.07) is 5.72. The van der Waals surface area contributed by atoms with Crippen molar-refractivity contribution in [3.63, 3.8) is 0 Å². The molecule has 0 aliphatic heterocycles. The molecular formula is C13H19BrO3. The van der Waals surface area contributed by atoms with E-state index in [9.17, 15) is 5.11 Å². The van der Waals surface area contributed by atoms with E-state index < -0.39 is 5.60 Å². The fourth-order valence-corrected chi connectivity index (χ4v) is 1.98. The molecule has 4 heteroatoms. The summed E-state index contributed by atoms with van der Waals surface area (Å²) in [6.07, 6.45) is 0.519. The minimum absolute atomic E-state index is 0.327.